The van der Waals surface area contributed by atoms with Gasteiger partial charge in [-0.2, -0.15) is 5.10 Å². The van der Waals surface area contributed by atoms with Gasteiger partial charge in [-0.05, 0) is 42.2 Å². The maximum Gasteiger partial charge on any atom is 0.161 e. The minimum Gasteiger partial charge on any atom is -0.493 e. The summed E-state index contributed by atoms with van der Waals surface area (Å²) in [6, 6.07) is 14.8. The first kappa shape index (κ1) is 19.0. The van der Waals surface area contributed by atoms with Crippen molar-refractivity contribution in [2.45, 2.75) is 25.9 Å². The Kier molecular flexibility index (Phi) is 6.14. The van der Waals surface area contributed by atoms with Gasteiger partial charge in [0.1, 0.15) is 0 Å². The first-order valence-corrected chi connectivity index (χ1v) is 9.08. The van der Waals surface area contributed by atoms with Crippen LogP contribution >= 0.6 is 0 Å². The van der Waals surface area contributed by atoms with Crippen molar-refractivity contribution in [1.29, 1.82) is 0 Å². The number of nitrogens with zero attached hydrogens (tertiary/aromatic N) is 2. The lowest BCUT2D eigenvalue weighted by molar-refractivity contribution is 0.353. The molecule has 142 valence electrons. The molecule has 0 aliphatic heterocycles. The minimum atomic E-state index is 0.145. The molecule has 1 unspecified atom stereocenters. The fourth-order valence-corrected chi connectivity index (χ4v) is 3.24. The van der Waals surface area contributed by atoms with E-state index in [4.69, 9.17) is 9.47 Å². The topological polar surface area (TPSA) is 48.3 Å². The van der Waals surface area contributed by atoms with Gasteiger partial charge >= 0.3 is 0 Å². The number of methoxy groups -OCH3 is 2. The largest absolute Gasteiger partial charge is 0.493 e. The Bertz CT molecular complexity index is 889. The summed E-state index contributed by atoms with van der Waals surface area (Å²) in [6.45, 7) is 2.90. The van der Waals surface area contributed by atoms with Gasteiger partial charge in [0.15, 0.2) is 11.5 Å². The van der Waals surface area contributed by atoms with Gasteiger partial charge in [0.05, 0.1) is 20.4 Å². The first-order chi connectivity index (χ1) is 13.1. The molecule has 3 aromatic rings. The van der Waals surface area contributed by atoms with E-state index >= 15 is 0 Å². The number of hydrogen-bond donors (Lipinski definition) is 1. The molecule has 2 aromatic carbocycles. The highest BCUT2D eigenvalue weighted by Gasteiger charge is 2.16. The Morgan fingerprint density at radius 3 is 2.52 bits per heavy atom. The average molecular weight is 365 g/mol. The van der Waals surface area contributed by atoms with Gasteiger partial charge in [-0.15, -0.1) is 0 Å². The fourth-order valence-electron chi connectivity index (χ4n) is 3.24. The smallest absolute Gasteiger partial charge is 0.161 e. The van der Waals surface area contributed by atoms with Crippen LogP contribution in [0.25, 0.3) is 0 Å². The van der Waals surface area contributed by atoms with Crippen LogP contribution in [0.5, 0.6) is 11.5 Å². The van der Waals surface area contributed by atoms with E-state index in [-0.39, 0.29) is 6.04 Å². The molecule has 0 saturated carbocycles. The molecule has 0 amide bonds. The Balaban J connectivity index is 1.87. The fraction of sp³-hybridized carbons (Fsp3) is 0.318. The molecule has 1 atom stereocenters. The molecule has 1 N–H and O–H groups in total. The highest BCUT2D eigenvalue weighted by atomic mass is 16.5. The number of aromatic nitrogens is 2. The van der Waals surface area contributed by atoms with Gasteiger partial charge in [0.2, 0.25) is 0 Å². The van der Waals surface area contributed by atoms with Crippen LogP contribution in [0.4, 0.5) is 0 Å². The molecule has 27 heavy (non-hydrogen) atoms. The molecule has 0 aliphatic carbocycles. The van der Waals surface area contributed by atoms with Crippen molar-refractivity contribution in [1.82, 2.24) is 15.1 Å². The SMILES string of the molecule is COc1ccc(C(Cc2ccccc2C)NCc2cnn(C)c2)cc1OC. The van der Waals surface area contributed by atoms with Gasteiger partial charge < -0.3 is 14.8 Å². The van der Waals surface area contributed by atoms with Crippen LogP contribution < -0.4 is 14.8 Å². The van der Waals surface area contributed by atoms with E-state index in [0.717, 1.165) is 30.0 Å². The summed E-state index contributed by atoms with van der Waals surface area (Å²) < 4.78 is 12.7. The zero-order valence-electron chi connectivity index (χ0n) is 16.4. The van der Waals surface area contributed by atoms with Gasteiger partial charge in [-0.25, -0.2) is 0 Å². The summed E-state index contributed by atoms with van der Waals surface area (Å²) in [4.78, 5) is 0. The molecular weight excluding hydrogens is 338 g/mol. The third kappa shape index (κ3) is 4.68. The molecule has 0 radical (unpaired) electrons. The highest BCUT2D eigenvalue weighted by molar-refractivity contribution is 5.44. The van der Waals surface area contributed by atoms with E-state index in [1.54, 1.807) is 14.2 Å². The molecule has 0 bridgehead atoms. The van der Waals surface area contributed by atoms with E-state index in [0.29, 0.717) is 0 Å². The molecule has 5 heteroatoms. The number of nitrogens with one attached hydrogen (secondary N) is 1. The molecule has 5 nitrogen and oxygen atoms in total. The third-order valence-corrected chi connectivity index (χ3v) is 4.81. The van der Waals surface area contributed by atoms with Crippen LogP contribution in [-0.4, -0.2) is 24.0 Å². The Labute approximate surface area is 160 Å². The predicted octanol–water partition coefficient (Wildman–Crippen LogP) is 3.82. The zero-order valence-corrected chi connectivity index (χ0v) is 16.4. The lowest BCUT2D eigenvalue weighted by Gasteiger charge is -2.21. The van der Waals surface area contributed by atoms with Crippen molar-refractivity contribution in [2.24, 2.45) is 7.05 Å². The van der Waals surface area contributed by atoms with E-state index in [2.05, 4.69) is 53.7 Å². The van der Waals surface area contributed by atoms with Crippen molar-refractivity contribution in [3.8, 4) is 11.5 Å². The summed E-state index contributed by atoms with van der Waals surface area (Å²) in [5, 5.41) is 7.94. The summed E-state index contributed by atoms with van der Waals surface area (Å²) in [7, 11) is 5.26. The van der Waals surface area contributed by atoms with Crippen LogP contribution in [0, 0.1) is 6.92 Å². The lowest BCUT2D eigenvalue weighted by Crippen LogP contribution is -2.23. The normalized spacial score (nSPS) is 12.0. The molecule has 0 saturated heterocycles. The summed E-state index contributed by atoms with van der Waals surface area (Å²) in [5.41, 5.74) is 4.95. The van der Waals surface area contributed by atoms with Crippen LogP contribution in [-0.2, 0) is 20.0 Å². The van der Waals surface area contributed by atoms with Gasteiger partial charge in [-0.1, -0.05) is 30.3 Å². The summed E-state index contributed by atoms with van der Waals surface area (Å²) >= 11 is 0. The predicted molar refractivity (Wildman–Crippen MR) is 107 cm³/mol. The molecule has 1 heterocycles. The summed E-state index contributed by atoms with van der Waals surface area (Å²) in [5.74, 6) is 1.48. The van der Waals surface area contributed by atoms with Crippen LogP contribution in [0.15, 0.2) is 54.9 Å². The van der Waals surface area contributed by atoms with E-state index in [1.165, 1.54) is 16.7 Å². The lowest BCUT2D eigenvalue weighted by atomic mass is 9.95. The number of ether oxygens (including phenoxy) is 2. The van der Waals surface area contributed by atoms with Gasteiger partial charge in [-0.3, -0.25) is 4.68 Å². The van der Waals surface area contributed by atoms with Crippen LogP contribution in [0.2, 0.25) is 0 Å². The third-order valence-electron chi connectivity index (χ3n) is 4.81. The van der Waals surface area contributed by atoms with Crippen LogP contribution in [0.3, 0.4) is 0 Å². The second-order valence-electron chi connectivity index (χ2n) is 6.70. The molecule has 3 rings (SSSR count). The standard InChI is InChI=1S/C22H27N3O2/c1-16-7-5-6-8-18(16)11-20(23-13-17-14-24-25(2)15-17)19-9-10-21(26-3)22(12-19)27-4/h5-10,12,14-15,20,23H,11,13H2,1-4H3. The Hall–Kier alpha value is -2.79. The first-order valence-electron chi connectivity index (χ1n) is 9.08. The zero-order chi connectivity index (χ0) is 19.2. The summed E-state index contributed by atoms with van der Waals surface area (Å²) in [6.07, 6.45) is 4.82. The second kappa shape index (κ2) is 8.73. The molecule has 0 fully saturated rings. The van der Waals surface area contributed by atoms with Crippen molar-refractivity contribution in [3.63, 3.8) is 0 Å². The number of rotatable bonds is 8. The van der Waals surface area contributed by atoms with Gasteiger partial charge in [0, 0.05) is 31.4 Å². The number of benzene rings is 2. The quantitative estimate of drug-likeness (QED) is 0.659. The average Bonchev–Trinajstić information content (AvgIpc) is 3.11. The monoisotopic (exact) mass is 365 g/mol. The highest BCUT2D eigenvalue weighted by Crippen LogP contribution is 2.31. The maximum atomic E-state index is 5.50. The van der Waals surface area contributed by atoms with Gasteiger partial charge in [0.25, 0.3) is 0 Å². The Morgan fingerprint density at radius 2 is 1.85 bits per heavy atom. The van der Waals surface area contributed by atoms with Crippen molar-refractivity contribution < 1.29 is 9.47 Å². The number of hydrogen-bond acceptors (Lipinski definition) is 4. The number of aryl methyl sites for hydroxylation is 2. The van der Waals surface area contributed by atoms with E-state index in [9.17, 15) is 0 Å². The molecule has 0 aliphatic rings. The second-order valence-corrected chi connectivity index (χ2v) is 6.70. The van der Waals surface area contributed by atoms with E-state index in [1.807, 2.05) is 30.2 Å². The van der Waals surface area contributed by atoms with Crippen LogP contribution in [0.1, 0.15) is 28.3 Å². The Morgan fingerprint density at radius 1 is 1.07 bits per heavy atom. The molecule has 0 spiro atoms. The maximum absolute atomic E-state index is 5.50. The van der Waals surface area contributed by atoms with Crippen molar-refractivity contribution >= 4 is 0 Å². The molecular formula is C22H27N3O2. The molecule has 1 aromatic heterocycles. The van der Waals surface area contributed by atoms with E-state index < -0.39 is 0 Å². The minimum absolute atomic E-state index is 0.145. The van der Waals surface area contributed by atoms with Crippen molar-refractivity contribution in [2.75, 3.05) is 14.2 Å². The van der Waals surface area contributed by atoms with Crippen molar-refractivity contribution in [3.05, 3.63) is 77.1 Å².